The predicted octanol–water partition coefficient (Wildman–Crippen LogP) is 2.33. The third-order valence-corrected chi connectivity index (χ3v) is 1.93. The van der Waals surface area contributed by atoms with E-state index >= 15 is 0 Å². The van der Waals surface area contributed by atoms with Crippen LogP contribution in [0.15, 0.2) is 18.2 Å². The van der Waals surface area contributed by atoms with Gasteiger partial charge in [0, 0.05) is 5.56 Å². The molecule has 1 aromatic rings. The molecule has 1 aromatic carbocycles. The summed E-state index contributed by atoms with van der Waals surface area (Å²) in [5.74, 6) is 0.0620. The van der Waals surface area contributed by atoms with Crippen LogP contribution in [0, 0.1) is 0 Å². The van der Waals surface area contributed by atoms with E-state index in [1.165, 1.54) is 6.92 Å². The van der Waals surface area contributed by atoms with E-state index in [0.717, 1.165) is 0 Å². The third-order valence-electron chi connectivity index (χ3n) is 1.64. The second-order valence-corrected chi connectivity index (χ2v) is 2.77. The highest BCUT2D eigenvalue weighted by molar-refractivity contribution is 6.17. The Hall–Kier alpha value is -1.02. The molecule has 3 heteroatoms. The first kappa shape index (κ1) is 9.07. The molecule has 0 atom stereocenters. The van der Waals surface area contributed by atoms with Gasteiger partial charge < -0.3 is 5.11 Å². The summed E-state index contributed by atoms with van der Waals surface area (Å²) in [6.07, 6.45) is 0. The van der Waals surface area contributed by atoms with Crippen LogP contribution in [-0.2, 0) is 5.88 Å². The van der Waals surface area contributed by atoms with Crippen molar-refractivity contribution < 1.29 is 9.90 Å². The molecule has 1 rings (SSSR count). The SMILES string of the molecule is CC(=O)c1cccc(CCl)c1O. The molecule has 0 saturated heterocycles. The van der Waals surface area contributed by atoms with Gasteiger partial charge in [-0.3, -0.25) is 4.79 Å². The summed E-state index contributed by atoms with van der Waals surface area (Å²) in [6.45, 7) is 1.41. The molecule has 1 N–H and O–H groups in total. The first-order valence-corrected chi connectivity index (χ1v) is 4.08. The summed E-state index contributed by atoms with van der Waals surface area (Å²) in [4.78, 5) is 10.9. The van der Waals surface area contributed by atoms with Gasteiger partial charge in [0.2, 0.25) is 0 Å². The number of alkyl halides is 1. The molecule has 0 fully saturated rings. The van der Waals surface area contributed by atoms with E-state index in [1.54, 1.807) is 18.2 Å². The largest absolute Gasteiger partial charge is 0.507 e. The van der Waals surface area contributed by atoms with Crippen molar-refractivity contribution in [3.8, 4) is 5.75 Å². The van der Waals surface area contributed by atoms with Gasteiger partial charge in [-0.15, -0.1) is 11.6 Å². The van der Waals surface area contributed by atoms with Crippen LogP contribution in [0.25, 0.3) is 0 Å². The van der Waals surface area contributed by atoms with Crippen molar-refractivity contribution in [2.45, 2.75) is 12.8 Å². The van der Waals surface area contributed by atoms with Crippen LogP contribution >= 0.6 is 11.6 Å². The summed E-state index contributed by atoms with van der Waals surface area (Å²) >= 11 is 5.54. The molecule has 0 bridgehead atoms. The second-order valence-electron chi connectivity index (χ2n) is 2.50. The molecule has 0 radical (unpaired) electrons. The molecular formula is C9H9ClO2. The van der Waals surface area contributed by atoms with Crippen molar-refractivity contribution >= 4 is 17.4 Å². The summed E-state index contributed by atoms with van der Waals surface area (Å²) in [6, 6.07) is 4.97. The number of aromatic hydroxyl groups is 1. The zero-order valence-corrected chi connectivity index (χ0v) is 7.43. The lowest BCUT2D eigenvalue weighted by Gasteiger charge is -2.03. The Morgan fingerprint density at radius 1 is 1.58 bits per heavy atom. The number of Topliss-reactive ketones (excluding diaryl/α,β-unsaturated/α-hetero) is 1. The minimum atomic E-state index is -0.153. The van der Waals surface area contributed by atoms with E-state index in [0.29, 0.717) is 11.1 Å². The summed E-state index contributed by atoms with van der Waals surface area (Å²) in [7, 11) is 0. The van der Waals surface area contributed by atoms with Gasteiger partial charge in [-0.05, 0) is 13.0 Å². The Bertz CT molecular complexity index is 307. The zero-order valence-electron chi connectivity index (χ0n) is 6.67. The lowest BCUT2D eigenvalue weighted by atomic mass is 10.1. The molecule has 0 amide bonds. The predicted molar refractivity (Wildman–Crippen MR) is 47.7 cm³/mol. The van der Waals surface area contributed by atoms with Crippen LogP contribution in [-0.4, -0.2) is 10.9 Å². The fourth-order valence-corrected chi connectivity index (χ4v) is 1.20. The van der Waals surface area contributed by atoms with Crippen LogP contribution in [0.4, 0.5) is 0 Å². The fourth-order valence-electron chi connectivity index (χ4n) is 0.983. The highest BCUT2D eigenvalue weighted by atomic mass is 35.5. The van der Waals surface area contributed by atoms with E-state index in [4.69, 9.17) is 11.6 Å². The van der Waals surface area contributed by atoms with Crippen molar-refractivity contribution in [2.75, 3.05) is 0 Å². The van der Waals surface area contributed by atoms with Crippen molar-refractivity contribution in [3.63, 3.8) is 0 Å². The number of benzene rings is 1. The minimum absolute atomic E-state index is 0.000000000000000222. The Kier molecular flexibility index (Phi) is 2.71. The van der Waals surface area contributed by atoms with Gasteiger partial charge in [0.25, 0.3) is 0 Å². The Morgan fingerprint density at radius 3 is 2.75 bits per heavy atom. The molecule has 0 aliphatic carbocycles. The number of phenolic OH excluding ortho intramolecular Hbond substituents is 1. The number of halogens is 1. The normalized spacial score (nSPS) is 9.83. The van der Waals surface area contributed by atoms with Gasteiger partial charge in [0.05, 0.1) is 11.4 Å². The van der Waals surface area contributed by atoms with Gasteiger partial charge in [0.15, 0.2) is 5.78 Å². The van der Waals surface area contributed by atoms with Crippen LogP contribution in [0.2, 0.25) is 0 Å². The van der Waals surface area contributed by atoms with Crippen LogP contribution in [0.5, 0.6) is 5.75 Å². The van der Waals surface area contributed by atoms with Crippen LogP contribution in [0.1, 0.15) is 22.8 Å². The number of hydrogen-bond donors (Lipinski definition) is 1. The van der Waals surface area contributed by atoms with E-state index in [2.05, 4.69) is 0 Å². The molecule has 64 valence electrons. The molecule has 0 aliphatic rings. The number of para-hydroxylation sites is 1. The zero-order chi connectivity index (χ0) is 9.14. The smallest absolute Gasteiger partial charge is 0.163 e. The molecule has 0 spiro atoms. The van der Waals surface area contributed by atoms with Crippen molar-refractivity contribution in [1.82, 2.24) is 0 Å². The summed E-state index contributed by atoms with van der Waals surface area (Å²) in [5.41, 5.74) is 0.914. The highest BCUT2D eigenvalue weighted by Crippen LogP contribution is 2.23. The van der Waals surface area contributed by atoms with Gasteiger partial charge in [-0.25, -0.2) is 0 Å². The number of hydrogen-bond acceptors (Lipinski definition) is 2. The van der Waals surface area contributed by atoms with E-state index in [1.807, 2.05) is 0 Å². The van der Waals surface area contributed by atoms with Crippen molar-refractivity contribution in [2.24, 2.45) is 0 Å². The summed E-state index contributed by atoms with van der Waals surface area (Å²) in [5, 5.41) is 9.45. The van der Waals surface area contributed by atoms with Crippen molar-refractivity contribution in [1.29, 1.82) is 0 Å². The molecule has 0 aromatic heterocycles. The van der Waals surface area contributed by atoms with Gasteiger partial charge in [0.1, 0.15) is 5.75 Å². The maximum atomic E-state index is 10.9. The number of rotatable bonds is 2. The Morgan fingerprint density at radius 2 is 2.25 bits per heavy atom. The second kappa shape index (κ2) is 3.59. The monoisotopic (exact) mass is 184 g/mol. The van der Waals surface area contributed by atoms with Crippen LogP contribution < -0.4 is 0 Å². The lowest BCUT2D eigenvalue weighted by molar-refractivity contribution is 0.101. The number of carbonyl (C=O) groups excluding carboxylic acids is 1. The van der Waals surface area contributed by atoms with Gasteiger partial charge in [-0.1, -0.05) is 12.1 Å². The first-order chi connectivity index (χ1) is 5.66. The third kappa shape index (κ3) is 1.59. The van der Waals surface area contributed by atoms with Crippen molar-refractivity contribution in [3.05, 3.63) is 29.3 Å². The average molecular weight is 185 g/mol. The molecule has 0 aliphatic heterocycles. The van der Waals surface area contributed by atoms with E-state index in [-0.39, 0.29) is 17.4 Å². The topological polar surface area (TPSA) is 37.3 Å². The molecule has 0 heterocycles. The quantitative estimate of drug-likeness (QED) is 0.566. The number of ketones is 1. The standard InChI is InChI=1S/C9H9ClO2/c1-6(11)8-4-2-3-7(5-10)9(8)12/h2-4,12H,5H2,1H3. The number of carbonyl (C=O) groups is 1. The van der Waals surface area contributed by atoms with Gasteiger partial charge in [-0.2, -0.15) is 0 Å². The van der Waals surface area contributed by atoms with Crippen LogP contribution in [0.3, 0.4) is 0 Å². The maximum absolute atomic E-state index is 10.9. The minimum Gasteiger partial charge on any atom is -0.507 e. The highest BCUT2D eigenvalue weighted by Gasteiger charge is 2.08. The van der Waals surface area contributed by atoms with E-state index in [9.17, 15) is 9.90 Å². The number of phenols is 1. The Labute approximate surface area is 75.8 Å². The Balaban J connectivity index is 3.23. The first-order valence-electron chi connectivity index (χ1n) is 3.54. The molecule has 2 nitrogen and oxygen atoms in total. The average Bonchev–Trinajstić information content (AvgIpc) is 2.04. The summed E-state index contributed by atoms with van der Waals surface area (Å²) < 4.78 is 0. The molecule has 0 unspecified atom stereocenters. The molecular weight excluding hydrogens is 176 g/mol. The van der Waals surface area contributed by atoms with Gasteiger partial charge >= 0.3 is 0 Å². The fraction of sp³-hybridized carbons (Fsp3) is 0.222. The lowest BCUT2D eigenvalue weighted by Crippen LogP contribution is -1.94. The van der Waals surface area contributed by atoms with E-state index < -0.39 is 0 Å². The molecule has 12 heavy (non-hydrogen) atoms. The molecule has 0 saturated carbocycles. The maximum Gasteiger partial charge on any atom is 0.163 e.